The molecule has 3 atom stereocenters. The molecule has 2 saturated heterocycles. The molecule has 0 aliphatic carbocycles. The summed E-state index contributed by atoms with van der Waals surface area (Å²) in [5.74, 6) is -0.711. The van der Waals surface area contributed by atoms with Gasteiger partial charge in [0, 0.05) is 59.4 Å². The van der Waals surface area contributed by atoms with Gasteiger partial charge in [0.05, 0.1) is 87.0 Å². The Morgan fingerprint density at radius 1 is 1.18 bits per heavy atom. The number of amides is 2. The van der Waals surface area contributed by atoms with Gasteiger partial charge in [-0.15, -0.1) is 11.3 Å². The number of hydrogen-bond donors (Lipinski definition) is 2. The van der Waals surface area contributed by atoms with E-state index in [0.29, 0.717) is 32.2 Å². The third-order valence-electron chi connectivity index (χ3n) is 11.5. The highest BCUT2D eigenvalue weighted by atomic mass is 32.1. The maximum Gasteiger partial charge on any atom is 0.324 e. The van der Waals surface area contributed by atoms with Crippen LogP contribution in [0.1, 0.15) is 62.9 Å². The summed E-state index contributed by atoms with van der Waals surface area (Å²) in [6, 6.07) is 7.29. The van der Waals surface area contributed by atoms with Crippen LogP contribution in [0.15, 0.2) is 35.8 Å². The predicted octanol–water partition coefficient (Wildman–Crippen LogP) is 4.73. The van der Waals surface area contributed by atoms with Crippen molar-refractivity contribution in [3.05, 3.63) is 52.1 Å². The lowest BCUT2D eigenvalue weighted by Crippen LogP contribution is -2.59. The van der Waals surface area contributed by atoms with Crippen LogP contribution in [-0.4, -0.2) is 115 Å². The van der Waals surface area contributed by atoms with Gasteiger partial charge in [-0.05, 0) is 56.9 Å². The predicted molar refractivity (Wildman–Crippen MR) is 214 cm³/mol. The Morgan fingerprint density at radius 2 is 1.96 bits per heavy atom. The molecule has 2 N–H and O–H groups in total. The fraction of sp³-hybridized carbons (Fsp3) is 0.537. The first-order valence-corrected chi connectivity index (χ1v) is 20.3. The molecule has 6 heterocycles. The SMILES string of the molecule is CCn1c(-c2cc(N3CC[N+](C)(C)CC3)cnc2C(C)OC)c2c3cc(ccc31)-c1csc(n1)C[C@H](NC=O)C(=O)N1CCCC(N1)C(=O)OCC(C)(C)C2. The van der Waals surface area contributed by atoms with Gasteiger partial charge in [-0.1, -0.05) is 19.9 Å². The number of benzene rings is 1. The van der Waals surface area contributed by atoms with E-state index in [1.807, 2.05) is 18.5 Å². The number of esters is 1. The van der Waals surface area contributed by atoms with E-state index in [2.05, 4.69) is 79.3 Å². The monoisotopic (exact) mass is 771 g/mol. The van der Waals surface area contributed by atoms with Gasteiger partial charge in [0.25, 0.3) is 5.91 Å². The number of nitrogens with one attached hydrogen (secondary N) is 2. The largest absolute Gasteiger partial charge is 0.464 e. The Morgan fingerprint density at radius 3 is 2.69 bits per heavy atom. The minimum Gasteiger partial charge on any atom is -0.464 e. The number of hydrazine groups is 1. The number of aromatic nitrogens is 3. The van der Waals surface area contributed by atoms with Crippen LogP contribution in [0.5, 0.6) is 0 Å². The zero-order valence-electron chi connectivity index (χ0n) is 33.2. The molecular weight excluding hydrogens is 717 g/mol. The van der Waals surface area contributed by atoms with Crippen LogP contribution in [0.3, 0.4) is 0 Å². The van der Waals surface area contributed by atoms with E-state index in [1.165, 1.54) is 16.3 Å². The molecule has 3 aromatic heterocycles. The highest BCUT2D eigenvalue weighted by Gasteiger charge is 2.35. The summed E-state index contributed by atoms with van der Waals surface area (Å²) in [5, 5.41) is 7.98. The number of hydrogen-bond acceptors (Lipinski definition) is 10. The number of quaternary nitrogens is 1. The minimum atomic E-state index is -0.838. The number of pyridine rings is 1. The molecule has 0 saturated carbocycles. The first kappa shape index (κ1) is 38.9. The van der Waals surface area contributed by atoms with Gasteiger partial charge in [0.15, 0.2) is 0 Å². The van der Waals surface area contributed by atoms with Crippen molar-refractivity contribution in [2.75, 3.05) is 65.4 Å². The van der Waals surface area contributed by atoms with Gasteiger partial charge >= 0.3 is 5.97 Å². The average Bonchev–Trinajstić information content (AvgIpc) is 3.77. The van der Waals surface area contributed by atoms with Crippen molar-refractivity contribution in [2.45, 2.75) is 78.1 Å². The number of aryl methyl sites for hydroxylation is 1. The van der Waals surface area contributed by atoms with Crippen LogP contribution < -0.4 is 15.6 Å². The zero-order valence-corrected chi connectivity index (χ0v) is 34.0. The van der Waals surface area contributed by atoms with Gasteiger partial charge in [-0.2, -0.15) is 0 Å². The summed E-state index contributed by atoms with van der Waals surface area (Å²) in [7, 11) is 6.30. The van der Waals surface area contributed by atoms with Crippen LogP contribution in [0.2, 0.25) is 0 Å². The second-order valence-electron chi connectivity index (χ2n) is 16.6. The summed E-state index contributed by atoms with van der Waals surface area (Å²) >= 11 is 1.46. The summed E-state index contributed by atoms with van der Waals surface area (Å²) in [6.45, 7) is 13.8. The van der Waals surface area contributed by atoms with Crippen molar-refractivity contribution >= 4 is 46.2 Å². The number of rotatable bonds is 7. The van der Waals surface area contributed by atoms with Crippen LogP contribution >= 0.6 is 11.3 Å². The summed E-state index contributed by atoms with van der Waals surface area (Å²) < 4.78 is 15.4. The molecule has 13 nitrogen and oxygen atoms in total. The van der Waals surface area contributed by atoms with Gasteiger partial charge < -0.3 is 28.7 Å². The number of nitrogens with zero attached hydrogens (tertiary/aromatic N) is 6. The number of cyclic esters (lactones) is 1. The smallest absolute Gasteiger partial charge is 0.324 e. The zero-order chi connectivity index (χ0) is 39.1. The van der Waals surface area contributed by atoms with Crippen molar-refractivity contribution in [3.8, 4) is 22.5 Å². The molecule has 3 aliphatic heterocycles. The molecular formula is C41H55N8O5S+. The van der Waals surface area contributed by atoms with E-state index < -0.39 is 23.5 Å². The quantitative estimate of drug-likeness (QED) is 0.156. The molecule has 7 rings (SSSR count). The lowest BCUT2D eigenvalue weighted by Gasteiger charge is -2.40. The van der Waals surface area contributed by atoms with Gasteiger partial charge in [-0.3, -0.25) is 24.4 Å². The number of likely N-dealkylation sites (N-methyl/N-ethyl adjacent to an activating group) is 1. The second kappa shape index (κ2) is 15.6. The lowest BCUT2D eigenvalue weighted by atomic mass is 9.84. The number of methoxy groups -OCH3 is 1. The lowest BCUT2D eigenvalue weighted by molar-refractivity contribution is -0.890. The van der Waals surface area contributed by atoms with E-state index in [1.54, 1.807) is 7.11 Å². The molecule has 55 heavy (non-hydrogen) atoms. The Hall–Kier alpha value is -4.37. The molecule has 2 amide bonds. The Bertz CT molecular complexity index is 2060. The number of ether oxygens (including phenoxy) is 2. The molecule has 14 heteroatoms. The van der Waals surface area contributed by atoms with E-state index >= 15 is 0 Å². The van der Waals surface area contributed by atoms with Crippen LogP contribution in [0, 0.1) is 5.41 Å². The number of carbonyl (C=O) groups excluding carboxylic acids is 3. The van der Waals surface area contributed by atoms with Crippen LogP contribution in [0.4, 0.5) is 5.69 Å². The molecule has 6 bridgehead atoms. The van der Waals surface area contributed by atoms with E-state index in [4.69, 9.17) is 19.4 Å². The van der Waals surface area contributed by atoms with Gasteiger partial charge in [-0.25, -0.2) is 10.4 Å². The summed E-state index contributed by atoms with van der Waals surface area (Å²) in [5.41, 5.74) is 10.8. The normalized spacial score (nSPS) is 22.2. The van der Waals surface area contributed by atoms with Crippen LogP contribution in [-0.2, 0) is 43.2 Å². The molecule has 2 unspecified atom stereocenters. The van der Waals surface area contributed by atoms with Gasteiger partial charge in [0.1, 0.15) is 12.1 Å². The number of thiazole rings is 1. The first-order chi connectivity index (χ1) is 26.3. The van der Waals surface area contributed by atoms with E-state index in [-0.39, 0.29) is 25.0 Å². The number of carbonyl (C=O) groups is 3. The molecule has 3 aliphatic rings. The molecule has 0 spiro atoms. The molecule has 1 aromatic carbocycles. The maximum absolute atomic E-state index is 13.7. The highest BCUT2D eigenvalue weighted by molar-refractivity contribution is 7.10. The minimum absolute atomic E-state index is 0.183. The maximum atomic E-state index is 13.7. The molecule has 294 valence electrons. The third kappa shape index (κ3) is 8.00. The standard InChI is InChI=1S/C41H54N8O5S/c1-8-47-35-12-11-27-18-29(35)31(38(47)30-19-28(22-42-37(30)26(2)53-7)46-14-16-49(5,6)17-15-46)21-41(3,4)24-54-40(52)32-10-9-13-48(45-32)39(51)33(43-25-50)20-36-44-34(27)23-55-36/h11-12,18-19,22-23,25-26,32-33,45H,8-10,13-17,20-21,24H2,1-7H3/p+1/t26?,32?,33-/m0/s1. The fourth-order valence-corrected chi connectivity index (χ4v) is 8.99. The Labute approximate surface area is 327 Å². The van der Waals surface area contributed by atoms with Gasteiger partial charge in [0.2, 0.25) is 6.41 Å². The Kier molecular flexibility index (Phi) is 11.1. The molecule has 0 radical (unpaired) electrons. The first-order valence-electron chi connectivity index (χ1n) is 19.4. The van der Waals surface area contributed by atoms with Crippen LogP contribution in [0.25, 0.3) is 33.4 Å². The molecule has 4 aromatic rings. The van der Waals surface area contributed by atoms with Crippen molar-refractivity contribution in [3.63, 3.8) is 0 Å². The van der Waals surface area contributed by atoms with Crippen molar-refractivity contribution in [1.82, 2.24) is 30.3 Å². The van der Waals surface area contributed by atoms with Crippen molar-refractivity contribution in [1.29, 1.82) is 0 Å². The number of fused-ring (bicyclic) bond motifs is 6. The second-order valence-corrected chi connectivity index (χ2v) is 17.6. The van der Waals surface area contributed by atoms with E-state index in [9.17, 15) is 14.4 Å². The topological polar surface area (TPSA) is 131 Å². The summed E-state index contributed by atoms with van der Waals surface area (Å²) in [6.07, 6.45) is 4.30. The van der Waals surface area contributed by atoms with Crippen molar-refractivity contribution in [2.24, 2.45) is 5.41 Å². The summed E-state index contributed by atoms with van der Waals surface area (Å²) in [4.78, 5) is 51.5. The number of anilines is 1. The fourth-order valence-electron chi connectivity index (χ4n) is 8.14. The number of piperazine rings is 1. The average molecular weight is 772 g/mol. The highest BCUT2D eigenvalue weighted by Crippen LogP contribution is 2.43. The Balaban J connectivity index is 1.40. The van der Waals surface area contributed by atoms with E-state index in [0.717, 1.165) is 92.6 Å². The third-order valence-corrected chi connectivity index (χ3v) is 12.4. The molecule has 2 fully saturated rings. The van der Waals surface area contributed by atoms with Crippen molar-refractivity contribution < 1.29 is 28.3 Å².